The van der Waals surface area contributed by atoms with Crippen molar-refractivity contribution in [3.63, 3.8) is 0 Å². The normalized spacial score (nSPS) is 11.8. The first kappa shape index (κ1) is 15.3. The Bertz CT molecular complexity index is 530. The monoisotopic (exact) mass is 335 g/mol. The first-order chi connectivity index (χ1) is 7.81. The molecule has 0 bridgehead atoms. The molecule has 3 nitrogen and oxygen atoms in total. The summed E-state index contributed by atoms with van der Waals surface area (Å²) in [4.78, 5) is -0.174. The smallest absolute Gasteiger partial charge is 0.211 e. The molecule has 0 saturated carbocycles. The van der Waals surface area contributed by atoms with Crippen LogP contribution in [-0.2, 0) is 10.0 Å². The lowest BCUT2D eigenvalue weighted by Crippen LogP contribution is -2.24. The van der Waals surface area contributed by atoms with Gasteiger partial charge < -0.3 is 0 Å². The van der Waals surface area contributed by atoms with Crippen molar-refractivity contribution < 1.29 is 8.42 Å². The molecular weight excluding hydrogens is 328 g/mol. The van der Waals surface area contributed by atoms with Crippen LogP contribution in [0.2, 0.25) is 20.1 Å². The highest BCUT2D eigenvalue weighted by Crippen LogP contribution is 2.39. The van der Waals surface area contributed by atoms with E-state index in [1.165, 1.54) is 6.07 Å². The average molecular weight is 337 g/mol. The molecule has 1 N–H and O–H groups in total. The van der Waals surface area contributed by atoms with E-state index in [0.29, 0.717) is 13.0 Å². The van der Waals surface area contributed by atoms with Crippen LogP contribution in [0.3, 0.4) is 0 Å². The van der Waals surface area contributed by atoms with Crippen molar-refractivity contribution in [1.82, 2.24) is 4.72 Å². The summed E-state index contributed by atoms with van der Waals surface area (Å²) in [5.74, 6) is 0. The summed E-state index contributed by atoms with van der Waals surface area (Å²) in [7, 11) is -3.72. The van der Waals surface area contributed by atoms with E-state index in [0.717, 1.165) is 0 Å². The highest BCUT2D eigenvalue weighted by molar-refractivity contribution is 7.89. The second kappa shape index (κ2) is 5.95. The molecule has 0 radical (unpaired) electrons. The van der Waals surface area contributed by atoms with Gasteiger partial charge in [-0.2, -0.15) is 0 Å². The Labute approximate surface area is 120 Å². The minimum atomic E-state index is -3.72. The average Bonchev–Trinajstić information content (AvgIpc) is 2.28. The topological polar surface area (TPSA) is 46.2 Å². The molecule has 0 amide bonds. The Hall–Kier alpha value is 0.290. The van der Waals surface area contributed by atoms with Crippen LogP contribution in [0.4, 0.5) is 0 Å². The molecule has 1 rings (SSSR count). The van der Waals surface area contributed by atoms with Gasteiger partial charge in [0.1, 0.15) is 4.90 Å². The molecular formula is C9H9Cl4NO2S. The van der Waals surface area contributed by atoms with Gasteiger partial charge in [-0.05, 0) is 12.5 Å². The van der Waals surface area contributed by atoms with Gasteiger partial charge >= 0.3 is 0 Å². The van der Waals surface area contributed by atoms with Crippen LogP contribution in [0.25, 0.3) is 0 Å². The number of hydrogen-bond donors (Lipinski definition) is 1. The molecule has 0 heterocycles. The van der Waals surface area contributed by atoms with E-state index in [9.17, 15) is 8.42 Å². The lowest BCUT2D eigenvalue weighted by molar-refractivity contribution is 0.581. The van der Waals surface area contributed by atoms with E-state index in [1.807, 2.05) is 6.92 Å². The molecule has 1 aromatic rings. The van der Waals surface area contributed by atoms with E-state index in [4.69, 9.17) is 46.4 Å². The van der Waals surface area contributed by atoms with E-state index in [1.54, 1.807) is 0 Å². The largest absolute Gasteiger partial charge is 0.242 e. The van der Waals surface area contributed by atoms with Crippen molar-refractivity contribution in [2.75, 3.05) is 6.54 Å². The van der Waals surface area contributed by atoms with E-state index in [-0.39, 0.29) is 25.0 Å². The van der Waals surface area contributed by atoms with Crippen LogP contribution >= 0.6 is 46.4 Å². The lowest BCUT2D eigenvalue weighted by atomic mass is 10.3. The second-order valence-electron chi connectivity index (χ2n) is 3.20. The Balaban J connectivity index is 3.33. The van der Waals surface area contributed by atoms with Crippen molar-refractivity contribution in [3.05, 3.63) is 26.2 Å². The molecule has 0 aliphatic rings. The summed E-state index contributed by atoms with van der Waals surface area (Å²) in [5, 5.41) is -0.131. The molecule has 1 aromatic carbocycles. The number of hydrogen-bond acceptors (Lipinski definition) is 2. The van der Waals surface area contributed by atoms with Crippen molar-refractivity contribution in [2.45, 2.75) is 18.2 Å². The lowest BCUT2D eigenvalue weighted by Gasteiger charge is -2.10. The van der Waals surface area contributed by atoms with Gasteiger partial charge in [0.25, 0.3) is 0 Å². The fraction of sp³-hybridized carbons (Fsp3) is 0.333. The third kappa shape index (κ3) is 3.40. The van der Waals surface area contributed by atoms with Crippen LogP contribution in [-0.4, -0.2) is 15.0 Å². The zero-order valence-electron chi connectivity index (χ0n) is 8.73. The number of rotatable bonds is 4. The van der Waals surface area contributed by atoms with Gasteiger partial charge in [-0.1, -0.05) is 53.3 Å². The summed E-state index contributed by atoms with van der Waals surface area (Å²) in [6.45, 7) is 2.14. The molecule has 0 unspecified atom stereocenters. The Morgan fingerprint density at radius 3 is 2.24 bits per heavy atom. The van der Waals surface area contributed by atoms with E-state index >= 15 is 0 Å². The molecule has 8 heteroatoms. The number of nitrogens with one attached hydrogen (secondary N) is 1. The fourth-order valence-electron chi connectivity index (χ4n) is 1.06. The van der Waals surface area contributed by atoms with Gasteiger partial charge in [-0.15, -0.1) is 0 Å². The van der Waals surface area contributed by atoms with Gasteiger partial charge in [0.15, 0.2) is 0 Å². The van der Waals surface area contributed by atoms with Gasteiger partial charge in [-0.3, -0.25) is 0 Å². The van der Waals surface area contributed by atoms with E-state index < -0.39 is 10.0 Å². The minimum absolute atomic E-state index is 0.0350. The zero-order chi connectivity index (χ0) is 13.2. The third-order valence-electron chi connectivity index (χ3n) is 1.90. The first-order valence-electron chi connectivity index (χ1n) is 4.64. The summed E-state index contributed by atoms with van der Waals surface area (Å²) in [6, 6.07) is 1.18. The number of benzene rings is 1. The quantitative estimate of drug-likeness (QED) is 0.667. The molecule has 96 valence electrons. The van der Waals surface area contributed by atoms with Crippen molar-refractivity contribution in [1.29, 1.82) is 0 Å². The minimum Gasteiger partial charge on any atom is -0.211 e. The predicted octanol–water partition coefficient (Wildman–Crippen LogP) is 3.99. The molecule has 0 spiro atoms. The maximum Gasteiger partial charge on any atom is 0.242 e. The molecule has 0 aliphatic heterocycles. The number of halogens is 4. The van der Waals surface area contributed by atoms with Crippen molar-refractivity contribution in [2.24, 2.45) is 0 Å². The second-order valence-corrected chi connectivity index (χ2v) is 6.47. The van der Waals surface area contributed by atoms with Gasteiger partial charge in [-0.25, -0.2) is 13.1 Å². The molecule has 0 atom stereocenters. The van der Waals surface area contributed by atoms with Gasteiger partial charge in [0.2, 0.25) is 10.0 Å². The van der Waals surface area contributed by atoms with Gasteiger partial charge in [0.05, 0.1) is 20.1 Å². The Kier molecular flexibility index (Phi) is 5.38. The fourth-order valence-corrected chi connectivity index (χ4v) is 3.53. The van der Waals surface area contributed by atoms with Crippen LogP contribution < -0.4 is 4.72 Å². The summed E-state index contributed by atoms with van der Waals surface area (Å²) in [5.41, 5.74) is 0. The maximum absolute atomic E-state index is 11.9. The highest BCUT2D eigenvalue weighted by atomic mass is 35.5. The number of sulfonamides is 1. The van der Waals surface area contributed by atoms with Crippen LogP contribution in [0.15, 0.2) is 11.0 Å². The van der Waals surface area contributed by atoms with Crippen molar-refractivity contribution in [3.8, 4) is 0 Å². The van der Waals surface area contributed by atoms with Crippen LogP contribution in [0.5, 0.6) is 0 Å². The molecule has 0 saturated heterocycles. The predicted molar refractivity (Wildman–Crippen MR) is 72.0 cm³/mol. The zero-order valence-corrected chi connectivity index (χ0v) is 12.6. The summed E-state index contributed by atoms with van der Waals surface area (Å²) < 4.78 is 26.1. The SMILES string of the molecule is CCCNS(=O)(=O)c1cc(Cl)c(Cl)c(Cl)c1Cl. The van der Waals surface area contributed by atoms with Crippen molar-refractivity contribution >= 4 is 56.4 Å². The highest BCUT2D eigenvalue weighted by Gasteiger charge is 2.22. The maximum atomic E-state index is 11.9. The standard InChI is InChI=1S/C9H9Cl4NO2S/c1-2-3-14-17(15,16)6-4-5(10)7(11)9(13)8(6)12/h4,14H,2-3H2,1H3. The molecule has 0 aromatic heterocycles. The molecule has 0 fully saturated rings. The van der Waals surface area contributed by atoms with Crippen LogP contribution in [0.1, 0.15) is 13.3 Å². The summed E-state index contributed by atoms with van der Waals surface area (Å²) >= 11 is 23.1. The first-order valence-corrected chi connectivity index (χ1v) is 7.63. The Morgan fingerprint density at radius 2 is 1.71 bits per heavy atom. The van der Waals surface area contributed by atoms with Crippen LogP contribution in [0, 0.1) is 0 Å². The molecule has 0 aliphatic carbocycles. The van der Waals surface area contributed by atoms with E-state index in [2.05, 4.69) is 4.72 Å². The molecule has 17 heavy (non-hydrogen) atoms. The Morgan fingerprint density at radius 1 is 1.12 bits per heavy atom. The van der Waals surface area contributed by atoms with Gasteiger partial charge in [0, 0.05) is 6.54 Å². The third-order valence-corrected chi connectivity index (χ3v) is 5.25. The summed E-state index contributed by atoms with van der Waals surface area (Å²) in [6.07, 6.45) is 0.659.